The number of hydrogen-bond donors (Lipinski definition) is 1. The van der Waals surface area contributed by atoms with Crippen molar-refractivity contribution in [1.82, 2.24) is 14.9 Å². The van der Waals surface area contributed by atoms with Crippen LogP contribution in [0.15, 0.2) is 36.5 Å². The zero-order valence-electron chi connectivity index (χ0n) is 23.0. The third-order valence-corrected chi connectivity index (χ3v) is 9.09. The average molecular weight is 563 g/mol. The highest BCUT2D eigenvalue weighted by Crippen LogP contribution is 2.30. The molecule has 0 aliphatic heterocycles. The van der Waals surface area contributed by atoms with Crippen LogP contribution in [-0.4, -0.2) is 61.1 Å². The maximum Gasteiger partial charge on any atom is 0.246 e. The maximum atomic E-state index is 14.9. The van der Waals surface area contributed by atoms with E-state index in [0.29, 0.717) is 30.5 Å². The fourth-order valence-electron chi connectivity index (χ4n) is 5.13. The molecule has 212 valence electrons. The van der Waals surface area contributed by atoms with Crippen molar-refractivity contribution in [3.8, 4) is 11.1 Å². The number of rotatable bonds is 10. The molecule has 1 aliphatic rings. The number of aryl methyl sites for hydroxylation is 1. The van der Waals surface area contributed by atoms with Crippen LogP contribution in [0.4, 0.5) is 19.1 Å². The van der Waals surface area contributed by atoms with E-state index in [1.54, 1.807) is 12.3 Å². The molecule has 1 N–H and O–H groups in total. The van der Waals surface area contributed by atoms with Crippen molar-refractivity contribution in [3.05, 3.63) is 53.5 Å². The lowest BCUT2D eigenvalue weighted by molar-refractivity contribution is 0.0189. The van der Waals surface area contributed by atoms with Crippen molar-refractivity contribution < 1.29 is 21.6 Å². The molecular formula is C29H37F3N4O2S. The molecule has 0 atom stereocenters. The van der Waals surface area contributed by atoms with Crippen molar-refractivity contribution >= 4 is 26.7 Å². The predicted octanol–water partition coefficient (Wildman–Crippen LogP) is 6.24. The van der Waals surface area contributed by atoms with Gasteiger partial charge in [0.25, 0.3) is 0 Å². The Morgan fingerprint density at radius 1 is 1.05 bits per heavy atom. The van der Waals surface area contributed by atoms with Gasteiger partial charge in [0.2, 0.25) is 11.9 Å². The van der Waals surface area contributed by atoms with Crippen LogP contribution in [0.5, 0.6) is 0 Å². The molecule has 1 aromatic heterocycles. The zero-order chi connectivity index (χ0) is 28.4. The summed E-state index contributed by atoms with van der Waals surface area (Å²) in [6.07, 6.45) is 6.11. The molecular weight excluding hydrogens is 525 g/mol. The lowest BCUT2D eigenvalue weighted by Gasteiger charge is -2.32. The highest BCUT2D eigenvalue weighted by atomic mass is 32.2. The molecule has 1 saturated carbocycles. The number of anilines is 1. The number of nitrogens with one attached hydrogen (secondary N) is 1. The molecule has 1 heterocycles. The molecule has 1 aliphatic carbocycles. The Morgan fingerprint density at radius 3 is 2.38 bits per heavy atom. The normalized spacial score (nSPS) is 18.6. The number of nitrogens with zero attached hydrogens (tertiary/aromatic N) is 3. The number of halogens is 3. The van der Waals surface area contributed by atoms with Gasteiger partial charge < -0.3 is 10.2 Å². The van der Waals surface area contributed by atoms with Gasteiger partial charge in [-0.1, -0.05) is 19.1 Å². The fourth-order valence-corrected chi connectivity index (χ4v) is 6.65. The molecule has 6 nitrogen and oxygen atoms in total. The van der Waals surface area contributed by atoms with E-state index in [2.05, 4.69) is 29.3 Å². The molecule has 0 amide bonds. The summed E-state index contributed by atoms with van der Waals surface area (Å²) in [7, 11) is 0.374. The average Bonchev–Trinajstić information content (AvgIpc) is 2.88. The maximum absolute atomic E-state index is 14.9. The summed E-state index contributed by atoms with van der Waals surface area (Å²) < 4.78 is 65.6. The van der Waals surface area contributed by atoms with Gasteiger partial charge in [-0.25, -0.2) is 31.6 Å². The molecule has 0 unspecified atom stereocenters. The van der Waals surface area contributed by atoms with E-state index in [-0.39, 0.29) is 5.56 Å². The summed E-state index contributed by atoms with van der Waals surface area (Å²) in [5.74, 6) is -4.48. The van der Waals surface area contributed by atoms with E-state index in [0.717, 1.165) is 54.1 Å². The van der Waals surface area contributed by atoms with Crippen molar-refractivity contribution in [1.29, 1.82) is 0 Å². The first-order chi connectivity index (χ1) is 18.3. The highest BCUT2D eigenvalue weighted by Gasteiger charge is 2.26. The summed E-state index contributed by atoms with van der Waals surface area (Å²) in [5.41, 5.74) is 3.16. The minimum absolute atomic E-state index is 0.0339. The number of aromatic nitrogens is 2. The van der Waals surface area contributed by atoms with Gasteiger partial charge in [0.15, 0.2) is 9.84 Å². The predicted molar refractivity (Wildman–Crippen MR) is 150 cm³/mol. The van der Waals surface area contributed by atoms with Crippen LogP contribution in [-0.2, 0) is 22.0 Å². The van der Waals surface area contributed by atoms with Crippen LogP contribution in [0.25, 0.3) is 22.0 Å². The molecule has 0 bridgehead atoms. The molecule has 39 heavy (non-hydrogen) atoms. The molecule has 3 aromatic rings. The lowest BCUT2D eigenvalue weighted by Crippen LogP contribution is -2.36. The first-order valence-electron chi connectivity index (χ1n) is 13.4. The van der Waals surface area contributed by atoms with Crippen molar-refractivity contribution in [2.45, 2.75) is 76.1 Å². The van der Waals surface area contributed by atoms with Crippen LogP contribution in [0.2, 0.25) is 0 Å². The van der Waals surface area contributed by atoms with Gasteiger partial charge in [0, 0.05) is 35.7 Å². The summed E-state index contributed by atoms with van der Waals surface area (Å²) in [6, 6.07) is 9.18. The van der Waals surface area contributed by atoms with E-state index >= 15 is 0 Å². The van der Waals surface area contributed by atoms with Crippen LogP contribution in [0, 0.1) is 5.82 Å². The van der Waals surface area contributed by atoms with E-state index < -0.39 is 39.5 Å². The number of hydrogen-bond acceptors (Lipinski definition) is 6. The van der Waals surface area contributed by atoms with E-state index in [1.165, 1.54) is 12.1 Å². The van der Waals surface area contributed by atoms with Gasteiger partial charge >= 0.3 is 0 Å². The van der Waals surface area contributed by atoms with Gasteiger partial charge in [0.1, 0.15) is 5.82 Å². The largest absolute Gasteiger partial charge is 0.351 e. The minimum atomic E-state index is -3.87. The minimum Gasteiger partial charge on any atom is -0.351 e. The van der Waals surface area contributed by atoms with Gasteiger partial charge in [0.05, 0.1) is 17.0 Å². The summed E-state index contributed by atoms with van der Waals surface area (Å²) >= 11 is 0. The quantitative estimate of drug-likeness (QED) is 0.315. The Morgan fingerprint density at radius 2 is 1.77 bits per heavy atom. The Labute approximate surface area is 229 Å². The van der Waals surface area contributed by atoms with Gasteiger partial charge in [-0.15, -0.1) is 0 Å². The smallest absolute Gasteiger partial charge is 0.246 e. The van der Waals surface area contributed by atoms with Crippen molar-refractivity contribution in [2.24, 2.45) is 0 Å². The van der Waals surface area contributed by atoms with Crippen molar-refractivity contribution in [2.75, 3.05) is 25.2 Å². The zero-order valence-corrected chi connectivity index (χ0v) is 23.8. The second kappa shape index (κ2) is 11.8. The topological polar surface area (TPSA) is 75.2 Å². The number of fused-ring (bicyclic) bond motifs is 1. The van der Waals surface area contributed by atoms with Crippen LogP contribution in [0.1, 0.15) is 57.1 Å². The van der Waals surface area contributed by atoms with Gasteiger partial charge in [-0.05, 0) is 88.0 Å². The molecule has 0 radical (unpaired) electrons. The van der Waals surface area contributed by atoms with Crippen LogP contribution in [0.3, 0.4) is 0 Å². The van der Waals surface area contributed by atoms with E-state index in [9.17, 15) is 21.6 Å². The number of sulfone groups is 1. The van der Waals surface area contributed by atoms with E-state index in [1.807, 2.05) is 19.1 Å². The highest BCUT2D eigenvalue weighted by molar-refractivity contribution is 7.90. The van der Waals surface area contributed by atoms with Gasteiger partial charge in [-0.3, -0.25) is 0 Å². The summed E-state index contributed by atoms with van der Waals surface area (Å²) in [4.78, 5) is 11.6. The third-order valence-electron chi connectivity index (χ3n) is 7.52. The van der Waals surface area contributed by atoms with Crippen LogP contribution >= 0.6 is 0 Å². The molecule has 2 aromatic carbocycles. The van der Waals surface area contributed by atoms with Crippen molar-refractivity contribution in [3.63, 3.8) is 0 Å². The first-order valence-corrected chi connectivity index (χ1v) is 15.3. The monoisotopic (exact) mass is 562 g/mol. The Kier molecular flexibility index (Phi) is 8.85. The standard InChI is InChI=1S/C29H37F3N4O2S/c1-5-19-14-22(20-6-7-21(26(30)16-20)18-39(37,38)13-12-29(2,31)32)15-23-17-33-28(35-27(19)23)34-24-8-10-25(11-9-24)36(3)4/h6-7,14-17,24-25H,5,8-13,18H2,1-4H3,(H,33,34,35). The molecule has 4 rings (SSSR count). The summed E-state index contributed by atoms with van der Waals surface area (Å²) in [5, 5.41) is 4.33. The second-order valence-corrected chi connectivity index (χ2v) is 13.1. The van der Waals surface area contributed by atoms with Gasteiger partial charge in [-0.2, -0.15) is 0 Å². The molecule has 0 saturated heterocycles. The molecule has 10 heteroatoms. The SMILES string of the molecule is CCc1cc(-c2ccc(CS(=O)(=O)CCC(C)(F)F)c(F)c2)cc2cnc(NC3CCC(N(C)C)CC3)nc12. The van der Waals surface area contributed by atoms with E-state index in [4.69, 9.17) is 4.98 Å². The van der Waals surface area contributed by atoms with Crippen LogP contribution < -0.4 is 5.32 Å². The number of alkyl halides is 2. The first kappa shape index (κ1) is 29.3. The Balaban J connectivity index is 1.52. The fraction of sp³-hybridized carbons (Fsp3) is 0.517. The Hall–Kier alpha value is -2.72. The molecule has 0 spiro atoms. The third kappa shape index (κ3) is 7.69. The lowest BCUT2D eigenvalue weighted by atomic mass is 9.90. The summed E-state index contributed by atoms with van der Waals surface area (Å²) in [6.45, 7) is 2.70. The second-order valence-electron chi connectivity index (χ2n) is 11.0. The number of benzene rings is 2. The molecule has 1 fully saturated rings. The Bertz CT molecular complexity index is 1420.